The van der Waals surface area contributed by atoms with Crippen LogP contribution in [0.2, 0.25) is 0 Å². The van der Waals surface area contributed by atoms with E-state index in [-0.39, 0.29) is 12.5 Å². The van der Waals surface area contributed by atoms with Crippen LogP contribution in [0.4, 0.5) is 0 Å². The van der Waals surface area contributed by atoms with E-state index in [2.05, 4.69) is 0 Å². The van der Waals surface area contributed by atoms with Gasteiger partial charge in [-0.3, -0.25) is 4.79 Å². The molecule has 0 bridgehead atoms. The van der Waals surface area contributed by atoms with E-state index in [9.17, 15) is 4.79 Å². The number of benzene rings is 1. The Morgan fingerprint density at radius 1 is 1.32 bits per heavy atom. The summed E-state index contributed by atoms with van der Waals surface area (Å²) in [6.07, 6.45) is 3.28. The molecule has 0 atom stereocenters. The molecule has 0 aromatic heterocycles. The molecule has 1 aromatic rings. The van der Waals surface area contributed by atoms with Crippen LogP contribution in [0.1, 0.15) is 19.4 Å². The van der Waals surface area contributed by atoms with Gasteiger partial charge in [0.1, 0.15) is 5.75 Å². The lowest BCUT2D eigenvalue weighted by molar-refractivity contribution is -0.126. The zero-order chi connectivity index (χ0) is 14.1. The topological polar surface area (TPSA) is 49.8 Å². The van der Waals surface area contributed by atoms with E-state index >= 15 is 0 Å². The van der Waals surface area contributed by atoms with Crippen molar-refractivity contribution in [2.24, 2.45) is 0 Å². The Labute approximate surface area is 114 Å². The molecule has 1 rings (SSSR count). The fourth-order valence-corrected chi connectivity index (χ4v) is 1.66. The monoisotopic (exact) mass is 263 g/mol. The summed E-state index contributed by atoms with van der Waals surface area (Å²) in [5, 5.41) is 8.85. The molecule has 4 heteroatoms. The second-order valence-electron chi connectivity index (χ2n) is 3.98. The number of carbonyl (C=O) groups is 1. The highest BCUT2D eigenvalue weighted by molar-refractivity contribution is 5.91. The summed E-state index contributed by atoms with van der Waals surface area (Å²) in [5.74, 6) is 0.729. The standard InChI is InChI=1S/C15H21NO3/c1-3-16(11-12-17)15(18)10-7-13-5-8-14(9-6-13)19-4-2/h5-10,17H,3-4,11-12H2,1-2H3/b10-7+. The van der Waals surface area contributed by atoms with Gasteiger partial charge in [-0.25, -0.2) is 0 Å². The first-order valence-electron chi connectivity index (χ1n) is 6.52. The molecule has 0 aliphatic carbocycles. The number of likely N-dealkylation sites (N-methyl/N-ethyl adjacent to an activating group) is 1. The number of ether oxygens (including phenoxy) is 1. The molecule has 0 fully saturated rings. The van der Waals surface area contributed by atoms with Crippen molar-refractivity contribution in [1.82, 2.24) is 4.90 Å². The lowest BCUT2D eigenvalue weighted by Gasteiger charge is -2.17. The number of rotatable bonds is 7. The van der Waals surface area contributed by atoms with Crippen LogP contribution < -0.4 is 4.74 Å². The Hall–Kier alpha value is -1.81. The molecule has 0 saturated carbocycles. The van der Waals surface area contributed by atoms with Gasteiger partial charge in [-0.05, 0) is 37.6 Å². The number of amides is 1. The number of carbonyl (C=O) groups excluding carboxylic acids is 1. The SMILES string of the molecule is CCOc1ccc(/C=C/C(=O)N(CC)CCO)cc1. The number of aliphatic hydroxyl groups excluding tert-OH is 1. The van der Waals surface area contributed by atoms with E-state index in [1.807, 2.05) is 38.1 Å². The zero-order valence-corrected chi connectivity index (χ0v) is 11.5. The third-order valence-corrected chi connectivity index (χ3v) is 2.67. The summed E-state index contributed by atoms with van der Waals surface area (Å²) in [5.41, 5.74) is 0.942. The molecule has 0 spiro atoms. The van der Waals surface area contributed by atoms with Crippen molar-refractivity contribution >= 4 is 12.0 Å². The maximum absolute atomic E-state index is 11.8. The van der Waals surface area contributed by atoms with Gasteiger partial charge in [0.25, 0.3) is 0 Å². The minimum absolute atomic E-state index is 0.0174. The van der Waals surface area contributed by atoms with Gasteiger partial charge in [-0.15, -0.1) is 0 Å². The number of hydrogen-bond donors (Lipinski definition) is 1. The van der Waals surface area contributed by atoms with Crippen LogP contribution in [0, 0.1) is 0 Å². The predicted octanol–water partition coefficient (Wildman–Crippen LogP) is 1.94. The van der Waals surface area contributed by atoms with Gasteiger partial charge in [-0.2, -0.15) is 0 Å². The van der Waals surface area contributed by atoms with E-state index < -0.39 is 0 Å². The lowest BCUT2D eigenvalue weighted by Crippen LogP contribution is -2.31. The van der Waals surface area contributed by atoms with Gasteiger partial charge in [0.05, 0.1) is 13.2 Å². The molecule has 0 heterocycles. The average molecular weight is 263 g/mol. The van der Waals surface area contributed by atoms with E-state index in [0.717, 1.165) is 11.3 Å². The summed E-state index contributed by atoms with van der Waals surface area (Å²) >= 11 is 0. The van der Waals surface area contributed by atoms with Crippen LogP contribution in [0.25, 0.3) is 6.08 Å². The van der Waals surface area contributed by atoms with E-state index in [4.69, 9.17) is 9.84 Å². The number of hydrogen-bond acceptors (Lipinski definition) is 3. The van der Waals surface area contributed by atoms with E-state index in [1.54, 1.807) is 11.0 Å². The van der Waals surface area contributed by atoms with Gasteiger partial charge in [0, 0.05) is 19.2 Å². The molecule has 1 aromatic carbocycles. The van der Waals surface area contributed by atoms with Crippen molar-refractivity contribution in [2.45, 2.75) is 13.8 Å². The summed E-state index contributed by atoms with van der Waals surface area (Å²) in [6.45, 7) is 5.40. The van der Waals surface area contributed by atoms with Crippen LogP contribution in [0.3, 0.4) is 0 Å². The maximum atomic E-state index is 11.8. The van der Waals surface area contributed by atoms with E-state index in [1.165, 1.54) is 6.08 Å². The first kappa shape index (κ1) is 15.2. The summed E-state index contributed by atoms with van der Waals surface area (Å²) in [6, 6.07) is 7.55. The Kier molecular flexibility index (Phi) is 6.68. The molecular formula is C15H21NO3. The minimum Gasteiger partial charge on any atom is -0.494 e. The lowest BCUT2D eigenvalue weighted by atomic mass is 10.2. The third-order valence-electron chi connectivity index (χ3n) is 2.67. The molecule has 0 aliphatic heterocycles. The normalized spacial score (nSPS) is 10.7. The van der Waals surface area contributed by atoms with Crippen LogP contribution in [0.5, 0.6) is 5.75 Å². The van der Waals surface area contributed by atoms with Crippen molar-refractivity contribution in [1.29, 1.82) is 0 Å². The highest BCUT2D eigenvalue weighted by Gasteiger charge is 2.06. The first-order chi connectivity index (χ1) is 9.21. The highest BCUT2D eigenvalue weighted by Crippen LogP contribution is 2.13. The number of aliphatic hydroxyl groups is 1. The van der Waals surface area contributed by atoms with Gasteiger partial charge >= 0.3 is 0 Å². The molecule has 104 valence electrons. The second-order valence-corrected chi connectivity index (χ2v) is 3.98. The van der Waals surface area contributed by atoms with Gasteiger partial charge in [-0.1, -0.05) is 12.1 Å². The summed E-state index contributed by atoms with van der Waals surface area (Å²) in [7, 11) is 0. The fraction of sp³-hybridized carbons (Fsp3) is 0.400. The Bertz CT molecular complexity index is 412. The largest absolute Gasteiger partial charge is 0.494 e. The Morgan fingerprint density at radius 2 is 2.00 bits per heavy atom. The minimum atomic E-state index is -0.0922. The molecule has 1 N–H and O–H groups in total. The zero-order valence-electron chi connectivity index (χ0n) is 11.5. The predicted molar refractivity (Wildman–Crippen MR) is 76.0 cm³/mol. The molecule has 0 saturated heterocycles. The van der Waals surface area contributed by atoms with Gasteiger partial charge in [0.15, 0.2) is 0 Å². The quantitative estimate of drug-likeness (QED) is 0.765. The van der Waals surface area contributed by atoms with Crippen molar-refractivity contribution in [3.05, 3.63) is 35.9 Å². The molecule has 0 unspecified atom stereocenters. The summed E-state index contributed by atoms with van der Waals surface area (Å²) in [4.78, 5) is 13.4. The fourth-order valence-electron chi connectivity index (χ4n) is 1.66. The maximum Gasteiger partial charge on any atom is 0.246 e. The van der Waals surface area contributed by atoms with Crippen LogP contribution in [-0.4, -0.2) is 42.2 Å². The van der Waals surface area contributed by atoms with Gasteiger partial charge in [0.2, 0.25) is 5.91 Å². The van der Waals surface area contributed by atoms with Gasteiger partial charge < -0.3 is 14.7 Å². The summed E-state index contributed by atoms with van der Waals surface area (Å²) < 4.78 is 5.35. The molecular weight excluding hydrogens is 242 g/mol. The van der Waals surface area contributed by atoms with Crippen molar-refractivity contribution in [3.8, 4) is 5.75 Å². The highest BCUT2D eigenvalue weighted by atomic mass is 16.5. The molecule has 19 heavy (non-hydrogen) atoms. The molecule has 0 aliphatic rings. The number of nitrogens with zero attached hydrogens (tertiary/aromatic N) is 1. The average Bonchev–Trinajstić information content (AvgIpc) is 2.44. The molecule has 0 radical (unpaired) electrons. The van der Waals surface area contributed by atoms with Crippen LogP contribution in [0.15, 0.2) is 30.3 Å². The molecule has 4 nitrogen and oxygen atoms in total. The van der Waals surface area contributed by atoms with Crippen molar-refractivity contribution in [2.75, 3.05) is 26.3 Å². The first-order valence-corrected chi connectivity index (χ1v) is 6.52. The second kappa shape index (κ2) is 8.32. The Balaban J connectivity index is 2.62. The van der Waals surface area contributed by atoms with E-state index in [0.29, 0.717) is 19.7 Å². The van der Waals surface area contributed by atoms with Crippen molar-refractivity contribution in [3.63, 3.8) is 0 Å². The van der Waals surface area contributed by atoms with Crippen LogP contribution in [-0.2, 0) is 4.79 Å². The van der Waals surface area contributed by atoms with Crippen LogP contribution >= 0.6 is 0 Å². The smallest absolute Gasteiger partial charge is 0.246 e. The Morgan fingerprint density at radius 3 is 2.53 bits per heavy atom. The van der Waals surface area contributed by atoms with Crippen molar-refractivity contribution < 1.29 is 14.6 Å². The third kappa shape index (κ3) is 5.14. The molecule has 1 amide bonds.